The highest BCUT2D eigenvalue weighted by atomic mass is 32.2. The molecule has 0 bridgehead atoms. The van der Waals surface area contributed by atoms with E-state index in [9.17, 15) is 18.0 Å². The number of carboxylic acid groups (broad SMARTS) is 1. The molecular weight excluding hydrogens is 296 g/mol. The van der Waals surface area contributed by atoms with Crippen LogP contribution in [0.15, 0.2) is 24.3 Å². The SMILES string of the molecule is O=C(O)CCCCCN1C(=O)c2ccccc2NS1(=O)=O. The molecule has 0 atom stereocenters. The van der Waals surface area contributed by atoms with Crippen molar-refractivity contribution >= 4 is 27.8 Å². The Balaban J connectivity index is 2.03. The molecular formula is C13H16N2O5S. The van der Waals surface area contributed by atoms with Crippen molar-refractivity contribution in [1.82, 2.24) is 4.31 Å². The van der Waals surface area contributed by atoms with Gasteiger partial charge in [-0.15, -0.1) is 0 Å². The standard InChI is InChI=1S/C13H16N2O5S/c16-12(17)8-2-1-5-9-15-13(18)10-6-3-4-7-11(10)14-21(15,19)20/h3-4,6-7,14H,1-2,5,8-9H2,(H,16,17). The fourth-order valence-corrected chi connectivity index (χ4v) is 3.38. The maximum Gasteiger partial charge on any atom is 0.326 e. The van der Waals surface area contributed by atoms with Crippen LogP contribution in [0, 0.1) is 0 Å². The number of amides is 1. The number of nitrogens with zero attached hydrogens (tertiary/aromatic N) is 1. The van der Waals surface area contributed by atoms with Crippen LogP contribution < -0.4 is 4.72 Å². The molecule has 1 aliphatic heterocycles. The van der Waals surface area contributed by atoms with E-state index in [-0.39, 0.29) is 18.7 Å². The van der Waals surface area contributed by atoms with Crippen LogP contribution in [0.5, 0.6) is 0 Å². The summed E-state index contributed by atoms with van der Waals surface area (Å²) in [4.78, 5) is 22.6. The molecule has 1 amide bonds. The third-order valence-electron chi connectivity index (χ3n) is 3.16. The van der Waals surface area contributed by atoms with Gasteiger partial charge in [0, 0.05) is 13.0 Å². The zero-order chi connectivity index (χ0) is 15.5. The number of para-hydroxylation sites is 1. The molecule has 1 heterocycles. The first-order chi connectivity index (χ1) is 9.92. The van der Waals surface area contributed by atoms with Crippen molar-refractivity contribution in [3.8, 4) is 0 Å². The highest BCUT2D eigenvalue weighted by molar-refractivity contribution is 7.91. The maximum atomic E-state index is 12.2. The zero-order valence-corrected chi connectivity index (χ0v) is 12.1. The Morgan fingerprint density at radius 1 is 1.19 bits per heavy atom. The first-order valence-electron chi connectivity index (χ1n) is 6.57. The number of rotatable bonds is 6. The second-order valence-corrected chi connectivity index (χ2v) is 6.33. The van der Waals surface area contributed by atoms with Gasteiger partial charge in [-0.25, -0.2) is 4.31 Å². The number of benzene rings is 1. The Bertz CT molecular complexity index is 656. The molecule has 8 heteroatoms. The van der Waals surface area contributed by atoms with Gasteiger partial charge in [0.1, 0.15) is 0 Å². The zero-order valence-electron chi connectivity index (χ0n) is 11.3. The number of nitrogens with one attached hydrogen (secondary N) is 1. The number of fused-ring (bicyclic) bond motifs is 1. The summed E-state index contributed by atoms with van der Waals surface area (Å²) in [7, 11) is -3.87. The summed E-state index contributed by atoms with van der Waals surface area (Å²) in [6.45, 7) is 0.0438. The minimum atomic E-state index is -3.87. The van der Waals surface area contributed by atoms with E-state index >= 15 is 0 Å². The summed E-state index contributed by atoms with van der Waals surface area (Å²) < 4.78 is 27.2. The van der Waals surface area contributed by atoms with E-state index < -0.39 is 22.1 Å². The maximum absolute atomic E-state index is 12.2. The van der Waals surface area contributed by atoms with Gasteiger partial charge in [-0.2, -0.15) is 8.42 Å². The third-order valence-corrected chi connectivity index (χ3v) is 4.57. The van der Waals surface area contributed by atoms with Gasteiger partial charge in [0.05, 0.1) is 11.3 Å². The summed E-state index contributed by atoms with van der Waals surface area (Å²) in [6.07, 6.45) is 1.48. The normalized spacial score (nSPS) is 16.2. The Hall–Kier alpha value is -2.09. The van der Waals surface area contributed by atoms with Gasteiger partial charge in [0.2, 0.25) is 0 Å². The highest BCUT2D eigenvalue weighted by Gasteiger charge is 2.34. The molecule has 1 aromatic carbocycles. The molecule has 1 aromatic rings. The topological polar surface area (TPSA) is 104 Å². The summed E-state index contributed by atoms with van der Waals surface area (Å²) in [5, 5.41) is 8.53. The van der Waals surface area contributed by atoms with Gasteiger partial charge < -0.3 is 5.11 Å². The average molecular weight is 312 g/mol. The highest BCUT2D eigenvalue weighted by Crippen LogP contribution is 2.26. The predicted molar refractivity (Wildman–Crippen MR) is 76.1 cm³/mol. The van der Waals surface area contributed by atoms with Crippen LogP contribution in [0.1, 0.15) is 36.0 Å². The number of hydrogen-bond acceptors (Lipinski definition) is 4. The number of carbonyl (C=O) groups is 2. The van der Waals surface area contributed by atoms with Crippen LogP contribution in [-0.2, 0) is 15.0 Å². The summed E-state index contributed by atoms with van der Waals surface area (Å²) in [5.74, 6) is -1.44. The number of carbonyl (C=O) groups excluding carboxylic acids is 1. The van der Waals surface area contributed by atoms with Crippen LogP contribution in [0.25, 0.3) is 0 Å². The van der Waals surface area contributed by atoms with Crippen molar-refractivity contribution in [3.63, 3.8) is 0 Å². The van der Waals surface area contributed by atoms with Gasteiger partial charge in [0.25, 0.3) is 5.91 Å². The van der Waals surface area contributed by atoms with Crippen molar-refractivity contribution in [2.75, 3.05) is 11.3 Å². The lowest BCUT2D eigenvalue weighted by Crippen LogP contribution is -2.45. The second-order valence-electron chi connectivity index (χ2n) is 4.73. The van der Waals surface area contributed by atoms with E-state index in [0.717, 1.165) is 4.31 Å². The molecule has 0 fully saturated rings. The van der Waals surface area contributed by atoms with Crippen molar-refractivity contribution in [1.29, 1.82) is 0 Å². The van der Waals surface area contributed by atoms with E-state index in [1.54, 1.807) is 18.2 Å². The Kier molecular flexibility index (Phi) is 4.46. The molecule has 0 radical (unpaired) electrons. The number of anilines is 1. The quantitative estimate of drug-likeness (QED) is 0.774. The van der Waals surface area contributed by atoms with Crippen molar-refractivity contribution < 1.29 is 23.1 Å². The van der Waals surface area contributed by atoms with Gasteiger partial charge in [-0.1, -0.05) is 18.6 Å². The Labute approximate surface area is 122 Å². The second kappa shape index (κ2) is 6.13. The molecule has 0 saturated carbocycles. The van der Waals surface area contributed by atoms with E-state index in [4.69, 9.17) is 5.11 Å². The fourth-order valence-electron chi connectivity index (χ4n) is 2.13. The molecule has 21 heavy (non-hydrogen) atoms. The molecule has 1 aliphatic rings. The summed E-state index contributed by atoms with van der Waals surface area (Å²) in [6, 6.07) is 6.42. The minimum absolute atomic E-state index is 0.0434. The van der Waals surface area contributed by atoms with Crippen LogP contribution >= 0.6 is 0 Å². The molecule has 0 unspecified atom stereocenters. The fraction of sp³-hybridized carbons (Fsp3) is 0.385. The number of hydrogen-bond donors (Lipinski definition) is 2. The first-order valence-corrected chi connectivity index (χ1v) is 8.01. The predicted octanol–water partition coefficient (Wildman–Crippen LogP) is 1.44. The van der Waals surface area contributed by atoms with Crippen molar-refractivity contribution in [2.24, 2.45) is 0 Å². The molecule has 0 aromatic heterocycles. The monoisotopic (exact) mass is 312 g/mol. The van der Waals surface area contributed by atoms with Gasteiger partial charge in [-0.05, 0) is 25.0 Å². The van der Waals surface area contributed by atoms with Crippen LogP contribution in [-0.4, -0.2) is 36.3 Å². The number of aliphatic carboxylic acids is 1. The largest absolute Gasteiger partial charge is 0.481 e. The molecule has 0 saturated heterocycles. The van der Waals surface area contributed by atoms with E-state index in [1.165, 1.54) is 6.07 Å². The third kappa shape index (κ3) is 3.52. The molecule has 2 rings (SSSR count). The first kappa shape index (κ1) is 15.3. The van der Waals surface area contributed by atoms with Crippen LogP contribution in [0.3, 0.4) is 0 Å². The lowest BCUT2D eigenvalue weighted by Gasteiger charge is -2.28. The van der Waals surface area contributed by atoms with E-state index in [2.05, 4.69) is 4.72 Å². The summed E-state index contributed by atoms with van der Waals surface area (Å²) >= 11 is 0. The smallest absolute Gasteiger partial charge is 0.326 e. The average Bonchev–Trinajstić information content (AvgIpc) is 2.40. The molecule has 0 spiro atoms. The lowest BCUT2D eigenvalue weighted by molar-refractivity contribution is -0.137. The van der Waals surface area contributed by atoms with Gasteiger partial charge in [0.15, 0.2) is 0 Å². The van der Waals surface area contributed by atoms with Crippen LogP contribution in [0.4, 0.5) is 5.69 Å². The van der Waals surface area contributed by atoms with Crippen LogP contribution in [0.2, 0.25) is 0 Å². The van der Waals surface area contributed by atoms with E-state index in [1.807, 2.05) is 0 Å². The summed E-state index contributed by atoms with van der Waals surface area (Å²) in [5.41, 5.74) is 0.600. The van der Waals surface area contributed by atoms with Gasteiger partial charge in [-0.3, -0.25) is 14.3 Å². The molecule has 7 nitrogen and oxygen atoms in total. The Morgan fingerprint density at radius 3 is 2.62 bits per heavy atom. The lowest BCUT2D eigenvalue weighted by atomic mass is 10.1. The molecule has 2 N–H and O–H groups in total. The number of carboxylic acids is 1. The molecule has 0 aliphatic carbocycles. The Morgan fingerprint density at radius 2 is 1.90 bits per heavy atom. The number of unbranched alkanes of at least 4 members (excludes halogenated alkanes) is 2. The minimum Gasteiger partial charge on any atom is -0.481 e. The van der Waals surface area contributed by atoms with Gasteiger partial charge >= 0.3 is 16.2 Å². The van der Waals surface area contributed by atoms with Crippen molar-refractivity contribution in [3.05, 3.63) is 29.8 Å². The van der Waals surface area contributed by atoms with E-state index in [0.29, 0.717) is 24.8 Å². The molecule has 114 valence electrons. The van der Waals surface area contributed by atoms with Crippen molar-refractivity contribution in [2.45, 2.75) is 25.7 Å².